The molecule has 3 saturated heterocycles. The Hall–Kier alpha value is -2.42. The summed E-state index contributed by atoms with van der Waals surface area (Å²) in [4.78, 5) is 32.1. The molecule has 4 heterocycles. The maximum absolute atomic E-state index is 13.5. The number of rotatable bonds is 9. The highest BCUT2D eigenvalue weighted by Crippen LogP contribution is 2.39. The van der Waals surface area contributed by atoms with Crippen LogP contribution in [0.3, 0.4) is 0 Å². The molecule has 10 nitrogen and oxygen atoms in total. The van der Waals surface area contributed by atoms with Crippen molar-refractivity contribution in [1.82, 2.24) is 14.5 Å². The van der Waals surface area contributed by atoms with E-state index >= 15 is 0 Å². The molecule has 3 atom stereocenters. The van der Waals surface area contributed by atoms with Crippen molar-refractivity contribution in [3.63, 3.8) is 0 Å². The monoisotopic (exact) mass is 633 g/mol. The Morgan fingerprint density at radius 3 is 2.45 bits per heavy atom. The highest BCUT2D eigenvalue weighted by molar-refractivity contribution is 7.89. The summed E-state index contributed by atoms with van der Waals surface area (Å²) in [7, 11) is -2.22. The minimum atomic E-state index is -4.15. The standard InChI is InChI=1S/C27H35ClF3N5O5S/c1-41-34-24-21-13-20(22(28)14-23(21)33-26(24)38)25(37)32-17-11-18-3-4-19(12-17)36(18)42(39,40)15-16-5-9-35(10-6-16)8-2-7-27(29,30)31/h13-14,16-19H,2-12,15H2,1H3,(H,32,37)(H,33,34,38)/t17?,18-,19+. The Labute approximate surface area is 248 Å². The second-order valence-electron chi connectivity index (χ2n) is 11.6. The molecule has 0 spiro atoms. The van der Waals surface area contributed by atoms with Gasteiger partial charge in [0.25, 0.3) is 11.8 Å². The van der Waals surface area contributed by atoms with Gasteiger partial charge in [-0.3, -0.25) is 9.59 Å². The first-order valence-corrected chi connectivity index (χ1v) is 16.2. The van der Waals surface area contributed by atoms with Crippen molar-refractivity contribution in [2.45, 2.75) is 75.7 Å². The Morgan fingerprint density at radius 1 is 1.17 bits per heavy atom. The van der Waals surface area contributed by atoms with E-state index in [9.17, 15) is 31.2 Å². The van der Waals surface area contributed by atoms with E-state index in [0.717, 1.165) is 12.8 Å². The van der Waals surface area contributed by atoms with Crippen LogP contribution < -0.4 is 10.6 Å². The molecule has 1 unspecified atom stereocenters. The molecule has 42 heavy (non-hydrogen) atoms. The molecule has 5 rings (SSSR count). The zero-order chi connectivity index (χ0) is 30.2. The van der Waals surface area contributed by atoms with E-state index in [0.29, 0.717) is 56.6 Å². The van der Waals surface area contributed by atoms with Gasteiger partial charge < -0.3 is 20.4 Å². The number of amides is 2. The van der Waals surface area contributed by atoms with Crippen molar-refractivity contribution in [2.24, 2.45) is 11.1 Å². The largest absolute Gasteiger partial charge is 0.398 e. The van der Waals surface area contributed by atoms with Gasteiger partial charge in [0.15, 0.2) is 5.71 Å². The second-order valence-corrected chi connectivity index (χ2v) is 13.9. The number of benzene rings is 1. The Morgan fingerprint density at radius 2 is 1.83 bits per heavy atom. The average Bonchev–Trinajstić information content (AvgIpc) is 3.36. The number of hydrogen-bond donors (Lipinski definition) is 2. The van der Waals surface area contributed by atoms with E-state index in [2.05, 4.69) is 15.8 Å². The molecule has 2 amide bonds. The maximum atomic E-state index is 13.5. The van der Waals surface area contributed by atoms with Crippen LogP contribution in [0.5, 0.6) is 0 Å². The fourth-order valence-electron chi connectivity index (χ4n) is 6.77. The van der Waals surface area contributed by atoms with Gasteiger partial charge in [-0.15, -0.1) is 0 Å². The molecular weight excluding hydrogens is 599 g/mol. The number of oxime groups is 1. The van der Waals surface area contributed by atoms with Gasteiger partial charge in [-0.05, 0) is 82.6 Å². The summed E-state index contributed by atoms with van der Waals surface area (Å²) in [6, 6.07) is 2.34. The van der Waals surface area contributed by atoms with Crippen molar-refractivity contribution in [3.8, 4) is 0 Å². The number of piperidine rings is 2. The van der Waals surface area contributed by atoms with Crippen LogP contribution in [0.25, 0.3) is 0 Å². The van der Waals surface area contributed by atoms with Crippen molar-refractivity contribution in [1.29, 1.82) is 0 Å². The van der Waals surface area contributed by atoms with Gasteiger partial charge in [-0.25, -0.2) is 8.42 Å². The number of nitrogens with zero attached hydrogens (tertiary/aromatic N) is 3. The Kier molecular flexibility index (Phi) is 9.08. The number of alkyl halides is 3. The maximum Gasteiger partial charge on any atom is 0.389 e. The second kappa shape index (κ2) is 12.3. The number of fused-ring (bicyclic) bond motifs is 3. The highest BCUT2D eigenvalue weighted by Gasteiger charge is 2.47. The summed E-state index contributed by atoms with van der Waals surface area (Å²) in [6.45, 7) is 1.58. The number of likely N-dealkylation sites (tertiary alicyclic amines) is 1. The predicted molar refractivity (Wildman–Crippen MR) is 151 cm³/mol. The number of carbonyl (C=O) groups is 2. The van der Waals surface area contributed by atoms with Gasteiger partial charge in [-0.2, -0.15) is 17.5 Å². The Bertz CT molecular complexity index is 1340. The first kappa shape index (κ1) is 31.0. The minimum Gasteiger partial charge on any atom is -0.398 e. The molecule has 0 radical (unpaired) electrons. The van der Waals surface area contributed by atoms with Crippen LogP contribution in [0.4, 0.5) is 18.9 Å². The number of halogens is 4. The average molecular weight is 634 g/mol. The molecule has 0 aromatic heterocycles. The molecule has 15 heteroatoms. The molecule has 4 aliphatic heterocycles. The lowest BCUT2D eigenvalue weighted by atomic mass is 9.98. The molecule has 0 saturated carbocycles. The summed E-state index contributed by atoms with van der Waals surface area (Å²) in [6.07, 6.45) is -1.20. The molecular formula is C27H35ClF3N5O5S. The van der Waals surface area contributed by atoms with Crippen LogP contribution in [-0.2, 0) is 19.7 Å². The topological polar surface area (TPSA) is 120 Å². The van der Waals surface area contributed by atoms with Gasteiger partial charge in [0.05, 0.1) is 22.0 Å². The summed E-state index contributed by atoms with van der Waals surface area (Å²) in [5.74, 6) is -0.865. The van der Waals surface area contributed by atoms with Gasteiger partial charge in [0, 0.05) is 30.1 Å². The van der Waals surface area contributed by atoms with Crippen LogP contribution in [0.15, 0.2) is 17.3 Å². The normalized spacial score (nSPS) is 26.4. The lowest BCUT2D eigenvalue weighted by Gasteiger charge is -2.39. The molecule has 2 bridgehead atoms. The predicted octanol–water partition coefficient (Wildman–Crippen LogP) is 3.75. The fraction of sp³-hybridized carbons (Fsp3) is 0.667. The third-order valence-corrected chi connectivity index (χ3v) is 11.1. The lowest BCUT2D eigenvalue weighted by molar-refractivity contribution is -0.136. The van der Waals surface area contributed by atoms with Crippen LogP contribution >= 0.6 is 11.6 Å². The lowest BCUT2D eigenvalue weighted by Crippen LogP contribution is -2.53. The third kappa shape index (κ3) is 6.87. The number of hydrogen-bond acceptors (Lipinski definition) is 7. The molecule has 0 aliphatic carbocycles. The summed E-state index contributed by atoms with van der Waals surface area (Å²) in [5.41, 5.74) is 1.07. The van der Waals surface area contributed by atoms with E-state index in [4.69, 9.17) is 16.4 Å². The van der Waals surface area contributed by atoms with Gasteiger partial charge in [0.2, 0.25) is 10.0 Å². The summed E-state index contributed by atoms with van der Waals surface area (Å²) in [5, 5.41) is 9.56. The zero-order valence-corrected chi connectivity index (χ0v) is 24.8. The van der Waals surface area contributed by atoms with Crippen molar-refractivity contribution < 1.29 is 36.0 Å². The number of carbonyl (C=O) groups excluding carboxylic acids is 2. The molecule has 1 aromatic rings. The van der Waals surface area contributed by atoms with Crippen LogP contribution in [0.2, 0.25) is 5.02 Å². The van der Waals surface area contributed by atoms with Gasteiger partial charge in [-0.1, -0.05) is 16.8 Å². The van der Waals surface area contributed by atoms with Gasteiger partial charge >= 0.3 is 6.18 Å². The quantitative estimate of drug-likeness (QED) is 0.400. The minimum absolute atomic E-state index is 0.0273. The number of sulfonamides is 1. The summed E-state index contributed by atoms with van der Waals surface area (Å²) < 4.78 is 66.0. The van der Waals surface area contributed by atoms with Crippen LogP contribution in [0.1, 0.15) is 67.3 Å². The first-order chi connectivity index (χ1) is 19.8. The van der Waals surface area contributed by atoms with Gasteiger partial charge in [0.1, 0.15) is 7.11 Å². The van der Waals surface area contributed by atoms with E-state index in [1.165, 1.54) is 19.2 Å². The van der Waals surface area contributed by atoms with E-state index < -0.39 is 34.4 Å². The highest BCUT2D eigenvalue weighted by atomic mass is 35.5. The van der Waals surface area contributed by atoms with Crippen LogP contribution in [-0.4, -0.2) is 91.9 Å². The number of nitrogens with one attached hydrogen (secondary N) is 2. The SMILES string of the molecule is CO/N=C1\C(=O)Nc2cc(Cl)c(C(=O)NC3C[C@H]4CC[C@@H](C3)N4S(=O)(=O)CC3CCN(CCCC(F)(F)F)CC3)cc21. The Balaban J connectivity index is 1.16. The van der Waals surface area contributed by atoms with Crippen LogP contribution in [0, 0.1) is 5.92 Å². The third-order valence-electron chi connectivity index (χ3n) is 8.66. The summed E-state index contributed by atoms with van der Waals surface area (Å²) >= 11 is 6.37. The van der Waals surface area contributed by atoms with E-state index in [1.54, 1.807) is 4.31 Å². The van der Waals surface area contributed by atoms with Crippen molar-refractivity contribution in [2.75, 3.05) is 37.8 Å². The fourth-order valence-corrected chi connectivity index (χ4v) is 9.41. The molecule has 232 valence electrons. The smallest absolute Gasteiger partial charge is 0.389 e. The van der Waals surface area contributed by atoms with Crippen molar-refractivity contribution in [3.05, 3.63) is 28.3 Å². The molecule has 3 fully saturated rings. The number of anilines is 1. The van der Waals surface area contributed by atoms with E-state index in [1.807, 2.05) is 4.90 Å². The first-order valence-electron chi connectivity index (χ1n) is 14.2. The van der Waals surface area contributed by atoms with E-state index in [-0.39, 0.29) is 52.5 Å². The van der Waals surface area contributed by atoms with Crippen molar-refractivity contribution >= 4 is 44.8 Å². The molecule has 1 aromatic carbocycles. The molecule has 2 N–H and O–H groups in total. The zero-order valence-electron chi connectivity index (χ0n) is 23.3. The molecule has 4 aliphatic rings.